The lowest BCUT2D eigenvalue weighted by Gasteiger charge is -2.18. The lowest BCUT2D eigenvalue weighted by atomic mass is 9.93. The second kappa shape index (κ2) is 10.8. The first kappa shape index (κ1) is 22.6. The quantitative estimate of drug-likeness (QED) is 0.346. The molecule has 170 valence electrons. The molecule has 0 aliphatic rings. The molecule has 0 radical (unpaired) electrons. The van der Waals surface area contributed by atoms with Crippen molar-refractivity contribution in [2.24, 2.45) is 0 Å². The largest absolute Gasteiger partial charge is 0.491 e. The van der Waals surface area contributed by atoms with Crippen LogP contribution in [-0.2, 0) is 16.0 Å². The van der Waals surface area contributed by atoms with E-state index in [0.29, 0.717) is 32.8 Å². The number of amides is 1. The van der Waals surface area contributed by atoms with Gasteiger partial charge in [0.1, 0.15) is 24.7 Å². The molecule has 0 aliphatic carbocycles. The van der Waals surface area contributed by atoms with E-state index in [9.17, 15) is 4.79 Å². The van der Waals surface area contributed by atoms with E-state index in [0.717, 1.165) is 38.8 Å². The Kier molecular flexibility index (Phi) is 7.43. The van der Waals surface area contributed by atoms with Crippen molar-refractivity contribution in [3.63, 3.8) is 0 Å². The predicted octanol–water partition coefficient (Wildman–Crippen LogP) is 5.12. The monoisotopic (exact) mass is 443 g/mol. The first-order chi connectivity index (χ1) is 16.2. The van der Waals surface area contributed by atoms with Crippen LogP contribution in [0.25, 0.3) is 21.5 Å². The zero-order valence-electron chi connectivity index (χ0n) is 19.1. The lowest BCUT2D eigenvalue weighted by Crippen LogP contribution is -2.25. The van der Waals surface area contributed by atoms with E-state index >= 15 is 0 Å². The number of carbonyl (C=O) groups excluding carboxylic acids is 1. The average molecular weight is 444 g/mol. The molecule has 1 amide bonds. The van der Waals surface area contributed by atoms with Gasteiger partial charge in [0.15, 0.2) is 0 Å². The van der Waals surface area contributed by atoms with Gasteiger partial charge in [-0.05, 0) is 33.7 Å². The Morgan fingerprint density at radius 1 is 0.727 bits per heavy atom. The van der Waals surface area contributed by atoms with Crippen molar-refractivity contribution >= 4 is 27.5 Å². The van der Waals surface area contributed by atoms with E-state index in [4.69, 9.17) is 14.2 Å². The summed E-state index contributed by atoms with van der Waals surface area (Å²) in [5.41, 5.74) is 2.22. The van der Waals surface area contributed by atoms with Gasteiger partial charge in [-0.1, -0.05) is 60.7 Å². The van der Waals surface area contributed by atoms with E-state index in [2.05, 4.69) is 47.8 Å². The third-order valence-corrected chi connectivity index (χ3v) is 5.63. The molecule has 0 heterocycles. The molecule has 5 heteroatoms. The maximum absolute atomic E-state index is 11.2. The molecular formula is C28H29NO4. The summed E-state index contributed by atoms with van der Waals surface area (Å²) >= 11 is 0. The summed E-state index contributed by atoms with van der Waals surface area (Å²) < 4.78 is 17.4. The summed E-state index contributed by atoms with van der Waals surface area (Å²) in [6, 6.07) is 24.9. The Bertz CT molecular complexity index is 1250. The molecule has 33 heavy (non-hydrogen) atoms. The molecule has 0 bridgehead atoms. The zero-order valence-corrected chi connectivity index (χ0v) is 19.1. The second-order valence-electron chi connectivity index (χ2n) is 7.88. The molecule has 0 atom stereocenters. The first-order valence-electron chi connectivity index (χ1n) is 11.2. The molecule has 0 saturated heterocycles. The van der Waals surface area contributed by atoms with Crippen LogP contribution in [0.1, 0.15) is 18.1 Å². The van der Waals surface area contributed by atoms with Crippen molar-refractivity contribution in [1.82, 2.24) is 5.32 Å². The Hall–Kier alpha value is -3.57. The van der Waals surface area contributed by atoms with Crippen LogP contribution in [0.3, 0.4) is 0 Å². The summed E-state index contributed by atoms with van der Waals surface area (Å²) in [6.07, 6.45) is 0.653. The molecule has 0 aliphatic heterocycles. The predicted molar refractivity (Wildman–Crippen MR) is 132 cm³/mol. The van der Waals surface area contributed by atoms with Crippen molar-refractivity contribution in [3.05, 3.63) is 83.9 Å². The normalized spacial score (nSPS) is 11.0. The van der Waals surface area contributed by atoms with Gasteiger partial charge < -0.3 is 19.5 Å². The van der Waals surface area contributed by atoms with Crippen LogP contribution in [0, 0.1) is 0 Å². The number of rotatable bonds is 10. The number of hydrogen-bond donors (Lipinski definition) is 1. The summed E-state index contributed by atoms with van der Waals surface area (Å²) in [6.45, 7) is 3.38. The van der Waals surface area contributed by atoms with Crippen molar-refractivity contribution in [2.45, 2.75) is 13.3 Å². The van der Waals surface area contributed by atoms with Gasteiger partial charge in [0.2, 0.25) is 5.91 Å². The van der Waals surface area contributed by atoms with E-state index in [1.165, 1.54) is 12.3 Å². The van der Waals surface area contributed by atoms with Crippen molar-refractivity contribution in [1.29, 1.82) is 0 Å². The molecule has 4 rings (SSSR count). The Morgan fingerprint density at radius 2 is 1.27 bits per heavy atom. The zero-order chi connectivity index (χ0) is 23.0. The molecule has 4 aromatic rings. The highest BCUT2D eigenvalue weighted by atomic mass is 16.5. The number of ether oxygens (including phenoxy) is 3. The van der Waals surface area contributed by atoms with Crippen molar-refractivity contribution in [2.75, 3.05) is 33.5 Å². The minimum Gasteiger partial charge on any atom is -0.491 e. The topological polar surface area (TPSA) is 56.8 Å². The first-order valence-corrected chi connectivity index (χ1v) is 11.2. The maximum Gasteiger partial charge on any atom is 0.216 e. The van der Waals surface area contributed by atoms with E-state index in [1.807, 2.05) is 30.3 Å². The highest BCUT2D eigenvalue weighted by Gasteiger charge is 2.16. The van der Waals surface area contributed by atoms with Gasteiger partial charge in [-0.3, -0.25) is 4.79 Å². The van der Waals surface area contributed by atoms with E-state index < -0.39 is 0 Å². The lowest BCUT2D eigenvalue weighted by molar-refractivity contribution is -0.119. The number of fused-ring (bicyclic) bond motifs is 2. The Balaban J connectivity index is 1.76. The van der Waals surface area contributed by atoms with Crippen LogP contribution in [0.15, 0.2) is 72.8 Å². The summed E-state index contributed by atoms with van der Waals surface area (Å²) in [5.74, 6) is 1.60. The fourth-order valence-corrected chi connectivity index (χ4v) is 4.07. The van der Waals surface area contributed by atoms with E-state index in [-0.39, 0.29) is 5.91 Å². The number of hydrogen-bond acceptors (Lipinski definition) is 4. The minimum atomic E-state index is -0.0639. The Labute approximate surface area is 194 Å². The summed E-state index contributed by atoms with van der Waals surface area (Å²) in [5, 5.41) is 7.41. The summed E-state index contributed by atoms with van der Waals surface area (Å²) in [7, 11) is 1.67. The smallest absolute Gasteiger partial charge is 0.216 e. The van der Waals surface area contributed by atoms with Gasteiger partial charge >= 0.3 is 0 Å². The number of carbonyl (C=O) groups is 1. The third kappa shape index (κ3) is 5.44. The van der Waals surface area contributed by atoms with Crippen LogP contribution in [0.4, 0.5) is 0 Å². The fraction of sp³-hybridized carbons (Fsp3) is 0.250. The van der Waals surface area contributed by atoms with Crippen LogP contribution in [-0.4, -0.2) is 39.4 Å². The Morgan fingerprint density at radius 3 is 1.82 bits per heavy atom. The van der Waals surface area contributed by atoms with Gasteiger partial charge in [0, 0.05) is 31.6 Å². The molecule has 0 spiro atoms. The number of methoxy groups -OCH3 is 1. The molecule has 0 unspecified atom stereocenters. The van der Waals surface area contributed by atoms with Gasteiger partial charge in [-0.2, -0.15) is 0 Å². The van der Waals surface area contributed by atoms with Crippen LogP contribution in [0.5, 0.6) is 11.5 Å². The molecule has 0 fully saturated rings. The molecule has 0 aromatic heterocycles. The average Bonchev–Trinajstić information content (AvgIpc) is 2.83. The van der Waals surface area contributed by atoms with Gasteiger partial charge in [0.25, 0.3) is 0 Å². The van der Waals surface area contributed by atoms with Crippen molar-refractivity contribution < 1.29 is 19.0 Å². The maximum atomic E-state index is 11.2. The summed E-state index contributed by atoms with van der Waals surface area (Å²) in [4.78, 5) is 11.2. The highest BCUT2D eigenvalue weighted by molar-refractivity contribution is 5.91. The molecule has 5 nitrogen and oxygen atoms in total. The third-order valence-electron chi connectivity index (χ3n) is 5.63. The van der Waals surface area contributed by atoms with Crippen LogP contribution in [0.2, 0.25) is 0 Å². The van der Waals surface area contributed by atoms with Gasteiger partial charge in [0.05, 0.1) is 13.2 Å². The van der Waals surface area contributed by atoms with Crippen LogP contribution < -0.4 is 14.8 Å². The number of benzene rings is 4. The standard InChI is InChI=1S/C28H29NO4/c1-20(30)29-15-16-32-27-13-11-21-7-3-5-9-23(21)25(27)19-26-24-10-6-4-8-22(24)12-14-28(26)33-18-17-31-2/h3-14H,15-19H2,1-2H3,(H,29,30). The number of nitrogens with one attached hydrogen (secondary N) is 1. The SMILES string of the molecule is COCCOc1ccc2ccccc2c1Cc1c(OCCNC(C)=O)ccc2ccccc12. The molecule has 1 N–H and O–H groups in total. The minimum absolute atomic E-state index is 0.0639. The molecular weight excluding hydrogens is 414 g/mol. The van der Waals surface area contributed by atoms with Gasteiger partial charge in [-0.15, -0.1) is 0 Å². The fourth-order valence-electron chi connectivity index (χ4n) is 4.07. The molecule has 0 saturated carbocycles. The second-order valence-corrected chi connectivity index (χ2v) is 7.88. The van der Waals surface area contributed by atoms with Gasteiger partial charge in [-0.25, -0.2) is 0 Å². The van der Waals surface area contributed by atoms with Crippen molar-refractivity contribution in [3.8, 4) is 11.5 Å². The highest BCUT2D eigenvalue weighted by Crippen LogP contribution is 2.36. The molecule has 4 aromatic carbocycles. The van der Waals surface area contributed by atoms with Crippen LogP contribution >= 0.6 is 0 Å². The van der Waals surface area contributed by atoms with E-state index in [1.54, 1.807) is 7.11 Å².